The second-order valence-electron chi connectivity index (χ2n) is 35.0. The maximum Gasteiger partial charge on any atom is 0.166 e. The Morgan fingerprint density at radius 2 is 0.323 bits per heavy atom. The van der Waals surface area contributed by atoms with Gasteiger partial charge in [-0.2, -0.15) is 0 Å². The summed E-state index contributed by atoms with van der Waals surface area (Å²) in [5.74, 6) is -4.06. The van der Waals surface area contributed by atoms with Crippen LogP contribution in [0.5, 0.6) is 11.5 Å². The van der Waals surface area contributed by atoms with Gasteiger partial charge in [0.1, 0.15) is 11.5 Å². The van der Waals surface area contributed by atoms with Gasteiger partial charge in [-0.15, -0.1) is 0 Å². The fourth-order valence-corrected chi connectivity index (χ4v) is 16.5. The van der Waals surface area contributed by atoms with E-state index in [4.69, 9.17) is 9.47 Å². The fraction of sp³-hybridized carbons (Fsp3) is 0.400. The van der Waals surface area contributed by atoms with Crippen molar-refractivity contribution in [2.45, 2.75) is 299 Å². The molecule has 0 aliphatic carbocycles. The molecule has 0 saturated carbocycles. The zero-order chi connectivity index (χ0) is 92.5. The summed E-state index contributed by atoms with van der Waals surface area (Å²) < 4.78 is 129. The normalized spacial score (nSPS) is 11.1. The van der Waals surface area contributed by atoms with Gasteiger partial charge in [-0.3, -0.25) is 0 Å². The van der Waals surface area contributed by atoms with Crippen molar-refractivity contribution < 1.29 is 44.6 Å². The zero-order valence-electron chi connectivity index (χ0n) is 79.2. The predicted octanol–water partition coefficient (Wildman–Crippen LogP) is 37.9. The molecule has 0 aromatic heterocycles. The average Bonchev–Trinajstić information content (AvgIpc) is 0.816. The molecule has 0 radical (unpaired) electrons. The monoisotopic (exact) mass is 1770 g/mol. The van der Waals surface area contributed by atoms with Gasteiger partial charge in [0.2, 0.25) is 0 Å². The molecule has 10 heteroatoms. The van der Waals surface area contributed by atoms with Crippen molar-refractivity contribution in [2.24, 2.45) is 0 Å². The van der Waals surface area contributed by atoms with Crippen LogP contribution in [0.3, 0.4) is 0 Å². The third-order valence-electron chi connectivity index (χ3n) is 24.8. The first kappa shape index (κ1) is 103. The van der Waals surface area contributed by atoms with Crippen molar-refractivity contribution in [2.75, 3.05) is 13.2 Å². The molecule has 0 amide bonds. The van der Waals surface area contributed by atoms with E-state index in [-0.39, 0.29) is 0 Å². The molecule has 0 atom stereocenters. The van der Waals surface area contributed by atoms with Gasteiger partial charge in [0, 0.05) is 22.3 Å². The SMILES string of the molecule is CCCCCCCCOc1ccc(-c2ccc(-c3ccc(CCCCC)c(F)c3F)cc2)cc1.CCCCCCCc1ccc(-c2ccc(-c3ccc(CCCCCCC)c(F)c3F)cc2)cc1.CCCCCCOc1ccc(-c2ccc(-c3ccc(CCCCC)c(F)c3F)cc2)cc1.CCCCCc1ccc(-c2ccc(-c3ccc(CCCCC)c(F)c3F)cc2)cc1. The highest BCUT2D eigenvalue weighted by Gasteiger charge is 2.21. The largest absolute Gasteiger partial charge is 0.494 e. The van der Waals surface area contributed by atoms with Gasteiger partial charge < -0.3 is 9.47 Å². The van der Waals surface area contributed by atoms with Crippen LogP contribution in [0.15, 0.2) is 243 Å². The maximum atomic E-state index is 14.8. The van der Waals surface area contributed by atoms with Crippen LogP contribution in [0.1, 0.15) is 294 Å². The smallest absolute Gasteiger partial charge is 0.166 e. The lowest BCUT2D eigenvalue weighted by Crippen LogP contribution is -1.98. The van der Waals surface area contributed by atoms with Gasteiger partial charge in [-0.1, -0.05) is 428 Å². The van der Waals surface area contributed by atoms with Crippen LogP contribution in [0.4, 0.5) is 35.1 Å². The van der Waals surface area contributed by atoms with Crippen molar-refractivity contribution in [1.82, 2.24) is 0 Å². The second-order valence-corrected chi connectivity index (χ2v) is 35.0. The quantitative estimate of drug-likeness (QED) is 0.0279. The minimum atomic E-state index is -0.757. The Bertz CT molecular complexity index is 5180. The first-order chi connectivity index (χ1) is 63.5. The van der Waals surface area contributed by atoms with Gasteiger partial charge in [-0.05, 0) is 214 Å². The molecule has 0 aliphatic rings. The molecule has 12 aromatic rings. The molecule has 0 fully saturated rings. The summed E-state index contributed by atoms with van der Waals surface area (Å²) in [4.78, 5) is 0. The lowest BCUT2D eigenvalue weighted by molar-refractivity contribution is 0.304. The van der Waals surface area contributed by atoms with Crippen LogP contribution in [0.25, 0.3) is 89.0 Å². The highest BCUT2D eigenvalue weighted by atomic mass is 19.2. The molecule has 692 valence electrons. The molecule has 2 nitrogen and oxygen atoms in total. The molecule has 130 heavy (non-hydrogen) atoms. The molecule has 0 heterocycles. The topological polar surface area (TPSA) is 18.5 Å². The van der Waals surface area contributed by atoms with Crippen molar-refractivity contribution in [3.63, 3.8) is 0 Å². The molecule has 12 rings (SSSR count). The summed E-state index contributed by atoms with van der Waals surface area (Å²) in [5, 5.41) is 0. The van der Waals surface area contributed by atoms with Crippen LogP contribution < -0.4 is 9.47 Å². The number of unbranched alkanes of at least 4 members (excludes halogenated alkanes) is 24. The van der Waals surface area contributed by atoms with Crippen LogP contribution in [-0.4, -0.2) is 13.2 Å². The van der Waals surface area contributed by atoms with Crippen LogP contribution in [0, 0.1) is 46.5 Å². The second kappa shape index (κ2) is 58.5. The number of benzene rings is 12. The number of rotatable bonds is 50. The molecule has 0 bridgehead atoms. The van der Waals surface area contributed by atoms with Gasteiger partial charge in [0.25, 0.3) is 0 Å². The average molecular weight is 1770 g/mol. The number of ether oxygens (including phenoxy) is 2. The van der Waals surface area contributed by atoms with Crippen molar-refractivity contribution in [1.29, 1.82) is 0 Å². The highest BCUT2D eigenvalue weighted by molar-refractivity contribution is 5.76. The van der Waals surface area contributed by atoms with E-state index in [0.29, 0.717) is 92.4 Å². The number of halogens is 8. The summed E-state index contributed by atoms with van der Waals surface area (Å²) in [6.45, 7) is 18.9. The first-order valence-corrected chi connectivity index (χ1v) is 49.5. The molecule has 0 spiro atoms. The van der Waals surface area contributed by atoms with E-state index in [2.05, 4.69) is 104 Å². The van der Waals surface area contributed by atoms with Crippen LogP contribution in [0.2, 0.25) is 0 Å². The van der Waals surface area contributed by atoms with Gasteiger partial charge >= 0.3 is 0 Å². The molecular formula is C120H144F8O2. The van der Waals surface area contributed by atoms with E-state index in [1.807, 2.05) is 146 Å². The minimum Gasteiger partial charge on any atom is -0.494 e. The number of hydrogen-bond acceptors (Lipinski definition) is 2. The zero-order valence-corrected chi connectivity index (χ0v) is 79.2. The van der Waals surface area contributed by atoms with E-state index >= 15 is 0 Å². The lowest BCUT2D eigenvalue weighted by atomic mass is 9.96. The Hall–Kier alpha value is -10.3. The maximum absolute atomic E-state index is 14.8. The minimum absolute atomic E-state index is 0.306. The Labute approximate surface area is 775 Å². The van der Waals surface area contributed by atoms with E-state index in [0.717, 1.165) is 172 Å². The molecular weight excluding hydrogens is 1630 g/mol. The molecule has 12 aromatic carbocycles. The Morgan fingerprint density at radius 3 is 0.569 bits per heavy atom. The molecule has 0 aliphatic heterocycles. The van der Waals surface area contributed by atoms with Crippen molar-refractivity contribution in [3.8, 4) is 101 Å². The van der Waals surface area contributed by atoms with Crippen molar-refractivity contribution in [3.05, 3.63) is 323 Å². The van der Waals surface area contributed by atoms with E-state index in [9.17, 15) is 35.1 Å². The molecule has 0 saturated heterocycles. The fourth-order valence-electron chi connectivity index (χ4n) is 16.5. The number of hydrogen-bond donors (Lipinski definition) is 0. The first-order valence-electron chi connectivity index (χ1n) is 49.5. The van der Waals surface area contributed by atoms with Crippen molar-refractivity contribution >= 4 is 0 Å². The van der Waals surface area contributed by atoms with Gasteiger partial charge in [0.05, 0.1) is 13.2 Å². The molecule has 0 N–H and O–H groups in total. The van der Waals surface area contributed by atoms with Crippen LogP contribution >= 0.6 is 0 Å². The number of aryl methyl sites for hydroxylation is 6. The summed E-state index contributed by atoms with van der Waals surface area (Å²) in [6.07, 6.45) is 41.5. The van der Waals surface area contributed by atoms with E-state index in [1.165, 1.54) is 127 Å². The Kier molecular flexibility index (Phi) is 46.5. The third kappa shape index (κ3) is 33.2. The Balaban J connectivity index is 0.000000196. The summed E-state index contributed by atoms with van der Waals surface area (Å²) in [6, 6.07) is 77.9. The lowest BCUT2D eigenvalue weighted by Gasteiger charge is -2.10. The van der Waals surface area contributed by atoms with E-state index in [1.54, 1.807) is 48.5 Å². The predicted molar refractivity (Wildman–Crippen MR) is 535 cm³/mol. The van der Waals surface area contributed by atoms with E-state index < -0.39 is 46.5 Å². The van der Waals surface area contributed by atoms with Gasteiger partial charge in [-0.25, -0.2) is 35.1 Å². The van der Waals surface area contributed by atoms with Crippen LogP contribution in [-0.2, 0) is 38.5 Å². The summed E-state index contributed by atoms with van der Waals surface area (Å²) in [7, 11) is 0. The Morgan fingerprint density at radius 1 is 0.154 bits per heavy atom. The third-order valence-corrected chi connectivity index (χ3v) is 24.8. The summed E-state index contributed by atoms with van der Waals surface area (Å²) in [5.41, 5.74) is 17.3. The molecule has 0 unspecified atom stereocenters. The highest BCUT2D eigenvalue weighted by Crippen LogP contribution is 2.37. The van der Waals surface area contributed by atoms with Gasteiger partial charge in [0.15, 0.2) is 46.5 Å². The standard InChI is InChI=1S/C32H40F2.C31H38F2O.C29H34F2O.C28H32F2/c1-3-5-7-9-11-13-25-15-17-26(18-16-25)27-19-21-28(22-20-27)30-24-23-29(31(33)32(30)34)14-12-10-8-6-4-2;1-3-5-7-8-9-11-23-34-28-20-17-25(18-21-28)24-13-15-26(16-14-24)29-22-19-27(12-10-6-4-2)30(32)31(29)33;1-3-5-7-9-21-32-26-18-15-23(16-19-26)22-11-13-24(14-12-22)27-20-17-25(10-8-6-4-2)28(30)29(27)31;1-3-5-7-9-21-11-13-22(14-12-21)23-15-17-24(18-16-23)26-20-19-25(10-8-6-4-2)27(29)28(26)30/h15-24H,3-14H2,1-2H3;13-22H,3-12,23H2,1-2H3;11-20H,3-10,21H2,1-2H3;11-20H,3-10H2,1-2H3. The summed E-state index contributed by atoms with van der Waals surface area (Å²) >= 11 is 0.